The summed E-state index contributed by atoms with van der Waals surface area (Å²) in [6, 6.07) is 12.4. The highest BCUT2D eigenvalue weighted by molar-refractivity contribution is 6.36. The normalized spacial score (nSPS) is 10.5. The molecule has 0 bridgehead atoms. The number of aryl methyl sites for hydroxylation is 2. The van der Waals surface area contributed by atoms with Crippen LogP contribution in [0.2, 0.25) is 10.0 Å². The van der Waals surface area contributed by atoms with E-state index >= 15 is 0 Å². The van der Waals surface area contributed by atoms with Crippen LogP contribution in [0.1, 0.15) is 21.6 Å². The van der Waals surface area contributed by atoms with Gasteiger partial charge in [-0.25, -0.2) is 9.97 Å². The molecule has 0 aliphatic rings. The fourth-order valence-electron chi connectivity index (χ4n) is 2.50. The molecule has 1 heterocycles. The van der Waals surface area contributed by atoms with Crippen LogP contribution >= 0.6 is 23.2 Å². The van der Waals surface area contributed by atoms with E-state index in [2.05, 4.69) is 26.7 Å². The van der Waals surface area contributed by atoms with E-state index in [1.54, 1.807) is 18.2 Å². The van der Waals surface area contributed by atoms with Crippen LogP contribution in [0.3, 0.4) is 0 Å². The number of hydrogen-bond donors (Lipinski definition) is 2. The van der Waals surface area contributed by atoms with Crippen LogP contribution in [0.15, 0.2) is 48.7 Å². The largest absolute Gasteiger partial charge is 0.324 e. The van der Waals surface area contributed by atoms with Crippen molar-refractivity contribution >= 4 is 46.4 Å². The molecule has 0 spiro atoms. The summed E-state index contributed by atoms with van der Waals surface area (Å²) in [7, 11) is 0. The zero-order valence-electron chi connectivity index (χ0n) is 14.2. The fraction of sp³-hybridized carbons (Fsp3) is 0.105. The smallest absolute Gasteiger partial charge is 0.274 e. The summed E-state index contributed by atoms with van der Waals surface area (Å²) in [6.07, 6.45) is 1.52. The van der Waals surface area contributed by atoms with Crippen molar-refractivity contribution in [3.05, 3.63) is 75.5 Å². The Labute approximate surface area is 161 Å². The van der Waals surface area contributed by atoms with Crippen LogP contribution in [0.4, 0.5) is 17.3 Å². The van der Waals surface area contributed by atoms with Crippen molar-refractivity contribution in [2.24, 2.45) is 0 Å². The Balaban J connectivity index is 1.78. The van der Waals surface area contributed by atoms with E-state index in [9.17, 15) is 4.79 Å². The molecule has 7 heteroatoms. The number of nitrogens with one attached hydrogen (secondary N) is 2. The van der Waals surface area contributed by atoms with Gasteiger partial charge in [0.15, 0.2) is 0 Å². The number of benzene rings is 2. The number of hydrogen-bond acceptors (Lipinski definition) is 4. The Kier molecular flexibility index (Phi) is 5.40. The predicted molar refractivity (Wildman–Crippen MR) is 106 cm³/mol. The van der Waals surface area contributed by atoms with Gasteiger partial charge in [-0.15, -0.1) is 0 Å². The van der Waals surface area contributed by atoms with Gasteiger partial charge in [-0.2, -0.15) is 0 Å². The lowest BCUT2D eigenvalue weighted by Gasteiger charge is -2.09. The highest BCUT2D eigenvalue weighted by Crippen LogP contribution is 2.25. The molecule has 3 rings (SSSR count). The lowest BCUT2D eigenvalue weighted by Crippen LogP contribution is -2.15. The number of anilines is 3. The van der Waals surface area contributed by atoms with E-state index in [0.717, 1.165) is 16.8 Å². The first-order valence-electron chi connectivity index (χ1n) is 7.85. The Bertz CT molecular complexity index is 955. The first-order valence-corrected chi connectivity index (χ1v) is 8.61. The first-order chi connectivity index (χ1) is 12.4. The van der Waals surface area contributed by atoms with Crippen LogP contribution in [-0.2, 0) is 0 Å². The lowest BCUT2D eigenvalue weighted by molar-refractivity contribution is 0.102. The monoisotopic (exact) mass is 386 g/mol. The molecule has 132 valence electrons. The molecule has 26 heavy (non-hydrogen) atoms. The van der Waals surface area contributed by atoms with Gasteiger partial charge in [-0.1, -0.05) is 29.3 Å². The van der Waals surface area contributed by atoms with E-state index in [-0.39, 0.29) is 11.6 Å². The van der Waals surface area contributed by atoms with Crippen molar-refractivity contribution in [3.8, 4) is 0 Å². The zero-order valence-corrected chi connectivity index (χ0v) is 15.7. The number of rotatable bonds is 4. The molecule has 0 atom stereocenters. The first kappa shape index (κ1) is 18.2. The van der Waals surface area contributed by atoms with Crippen LogP contribution in [0.25, 0.3) is 0 Å². The topological polar surface area (TPSA) is 66.9 Å². The summed E-state index contributed by atoms with van der Waals surface area (Å²) in [5.74, 6) is -0.0510. The third-order valence-corrected chi connectivity index (χ3v) is 4.09. The Morgan fingerprint density at radius 3 is 2.42 bits per heavy atom. The molecule has 0 aliphatic carbocycles. The fourth-order valence-corrected chi connectivity index (χ4v) is 2.95. The van der Waals surface area contributed by atoms with E-state index in [1.165, 1.54) is 12.3 Å². The van der Waals surface area contributed by atoms with Gasteiger partial charge < -0.3 is 10.6 Å². The van der Waals surface area contributed by atoms with Crippen molar-refractivity contribution in [2.45, 2.75) is 13.8 Å². The Morgan fingerprint density at radius 2 is 1.73 bits per heavy atom. The van der Waals surface area contributed by atoms with Gasteiger partial charge in [0.2, 0.25) is 5.95 Å². The van der Waals surface area contributed by atoms with Crippen molar-refractivity contribution < 1.29 is 4.79 Å². The molecule has 3 aromatic rings. The lowest BCUT2D eigenvalue weighted by atomic mass is 10.1. The van der Waals surface area contributed by atoms with Gasteiger partial charge in [-0.3, -0.25) is 4.79 Å². The minimum absolute atomic E-state index is 0.220. The molecule has 0 saturated carbocycles. The second-order valence-corrected chi connectivity index (χ2v) is 6.69. The minimum atomic E-state index is -0.389. The van der Waals surface area contributed by atoms with Crippen LogP contribution in [0.5, 0.6) is 0 Å². The summed E-state index contributed by atoms with van der Waals surface area (Å²) in [5, 5.41) is 6.68. The van der Waals surface area contributed by atoms with Crippen molar-refractivity contribution in [1.29, 1.82) is 0 Å². The van der Waals surface area contributed by atoms with Gasteiger partial charge in [-0.05, 0) is 61.4 Å². The van der Waals surface area contributed by atoms with E-state index < -0.39 is 0 Å². The average molecular weight is 387 g/mol. The summed E-state index contributed by atoms with van der Waals surface area (Å²) in [5.41, 5.74) is 3.79. The van der Waals surface area contributed by atoms with Crippen molar-refractivity contribution in [3.63, 3.8) is 0 Å². The number of halogens is 2. The molecule has 1 aromatic heterocycles. The Morgan fingerprint density at radius 1 is 1.00 bits per heavy atom. The van der Waals surface area contributed by atoms with E-state index in [1.807, 2.05) is 26.0 Å². The predicted octanol–water partition coefficient (Wildman–Crippen LogP) is 5.40. The summed E-state index contributed by atoms with van der Waals surface area (Å²) >= 11 is 11.9. The average Bonchev–Trinajstić information content (AvgIpc) is 2.56. The second kappa shape index (κ2) is 7.72. The standard InChI is InChI=1S/C19H16Cl2N4O/c1-11-7-12(2)9-14(8-11)23-19-22-6-5-17(25-19)18(26)24-16-4-3-13(20)10-15(16)21/h3-10H,1-2H3,(H,24,26)(H,22,23,25). The molecular formula is C19H16Cl2N4O. The molecule has 2 aromatic carbocycles. The number of amides is 1. The highest BCUT2D eigenvalue weighted by atomic mass is 35.5. The third kappa shape index (κ3) is 4.50. The van der Waals surface area contributed by atoms with Gasteiger partial charge in [0.25, 0.3) is 5.91 Å². The second-order valence-electron chi connectivity index (χ2n) is 5.85. The molecular weight excluding hydrogens is 371 g/mol. The molecule has 0 radical (unpaired) electrons. The molecule has 2 N–H and O–H groups in total. The molecule has 0 aliphatic heterocycles. The Hall–Kier alpha value is -2.63. The molecule has 0 saturated heterocycles. The summed E-state index contributed by atoms with van der Waals surface area (Å²) < 4.78 is 0. The third-order valence-electron chi connectivity index (χ3n) is 3.55. The highest BCUT2D eigenvalue weighted by Gasteiger charge is 2.12. The quantitative estimate of drug-likeness (QED) is 0.629. The van der Waals surface area contributed by atoms with Crippen LogP contribution < -0.4 is 10.6 Å². The molecule has 0 fully saturated rings. The summed E-state index contributed by atoms with van der Waals surface area (Å²) in [4.78, 5) is 20.9. The maximum Gasteiger partial charge on any atom is 0.274 e. The van der Waals surface area contributed by atoms with Crippen molar-refractivity contribution in [1.82, 2.24) is 9.97 Å². The summed E-state index contributed by atoms with van der Waals surface area (Å²) in [6.45, 7) is 4.03. The zero-order chi connectivity index (χ0) is 18.7. The minimum Gasteiger partial charge on any atom is -0.324 e. The van der Waals surface area contributed by atoms with Gasteiger partial charge >= 0.3 is 0 Å². The van der Waals surface area contributed by atoms with Crippen LogP contribution in [0, 0.1) is 13.8 Å². The van der Waals surface area contributed by atoms with Gasteiger partial charge in [0.1, 0.15) is 5.69 Å². The maximum atomic E-state index is 12.4. The van der Waals surface area contributed by atoms with E-state index in [0.29, 0.717) is 21.7 Å². The maximum absolute atomic E-state index is 12.4. The number of nitrogens with zero attached hydrogens (tertiary/aromatic N) is 2. The van der Waals surface area contributed by atoms with Gasteiger partial charge in [0.05, 0.1) is 10.7 Å². The molecule has 0 unspecified atom stereocenters. The van der Waals surface area contributed by atoms with Gasteiger partial charge in [0, 0.05) is 16.9 Å². The SMILES string of the molecule is Cc1cc(C)cc(Nc2nccc(C(=O)Nc3ccc(Cl)cc3Cl)n2)c1. The van der Waals surface area contributed by atoms with E-state index in [4.69, 9.17) is 23.2 Å². The number of carbonyl (C=O) groups excluding carboxylic acids is 1. The number of aromatic nitrogens is 2. The van der Waals surface area contributed by atoms with Crippen LogP contribution in [-0.4, -0.2) is 15.9 Å². The number of carbonyl (C=O) groups is 1. The molecule has 5 nitrogen and oxygen atoms in total. The molecule has 1 amide bonds. The van der Waals surface area contributed by atoms with Crippen molar-refractivity contribution in [2.75, 3.05) is 10.6 Å².